The Hall–Kier alpha value is -3.69. The van der Waals surface area contributed by atoms with Crippen LogP contribution in [-0.4, -0.2) is 56.3 Å². The Morgan fingerprint density at radius 2 is 2.03 bits per heavy atom. The van der Waals surface area contributed by atoms with Gasteiger partial charge in [-0.15, -0.1) is 0 Å². The van der Waals surface area contributed by atoms with Crippen molar-refractivity contribution in [2.75, 3.05) is 20.2 Å². The highest BCUT2D eigenvalue weighted by Crippen LogP contribution is 2.35. The Morgan fingerprint density at radius 1 is 1.19 bits per heavy atom. The van der Waals surface area contributed by atoms with Crippen LogP contribution >= 0.6 is 0 Å². The number of carbonyl (C=O) groups is 2. The lowest BCUT2D eigenvalue weighted by Gasteiger charge is -2.42. The molecule has 0 aliphatic carbocycles. The van der Waals surface area contributed by atoms with Crippen molar-refractivity contribution < 1.29 is 14.3 Å². The molecule has 1 fully saturated rings. The number of nitrogens with one attached hydrogen (secondary N) is 1. The molecule has 0 saturated carbocycles. The number of aryl methyl sites for hydroxylation is 1. The minimum atomic E-state index is -0.597. The molecule has 2 unspecified atom stereocenters. The van der Waals surface area contributed by atoms with E-state index in [-0.39, 0.29) is 46.5 Å². The Morgan fingerprint density at radius 3 is 2.84 bits per heavy atom. The zero-order valence-electron chi connectivity index (χ0n) is 17.6. The van der Waals surface area contributed by atoms with Gasteiger partial charge in [-0.05, 0) is 18.4 Å². The zero-order valence-corrected chi connectivity index (χ0v) is 17.6. The molecule has 166 valence electrons. The first-order valence-corrected chi connectivity index (χ1v) is 10.6. The van der Waals surface area contributed by atoms with Gasteiger partial charge < -0.3 is 18.8 Å². The Bertz CT molecular complexity index is 1290. The van der Waals surface area contributed by atoms with Crippen molar-refractivity contribution in [1.29, 1.82) is 0 Å². The highest BCUT2D eigenvalue weighted by atomic mass is 16.5. The van der Waals surface area contributed by atoms with Gasteiger partial charge in [0.2, 0.25) is 5.91 Å². The van der Waals surface area contributed by atoms with Crippen molar-refractivity contribution >= 4 is 11.9 Å². The number of piperidine rings is 1. The van der Waals surface area contributed by atoms with Gasteiger partial charge in [-0.25, -0.2) is 9.89 Å². The van der Waals surface area contributed by atoms with Crippen LogP contribution in [0.3, 0.4) is 0 Å². The quantitative estimate of drug-likeness (QED) is 0.599. The van der Waals surface area contributed by atoms with Crippen LogP contribution in [0.2, 0.25) is 0 Å². The molecule has 10 heteroatoms. The lowest BCUT2D eigenvalue weighted by molar-refractivity contribution is -0.134. The molecule has 1 amide bonds. The van der Waals surface area contributed by atoms with Gasteiger partial charge in [0.05, 0.1) is 12.7 Å². The molecular formula is C22H23N5O5. The van der Waals surface area contributed by atoms with E-state index in [9.17, 15) is 19.2 Å². The number of amides is 1. The Balaban J connectivity index is 1.33. The molecule has 10 nitrogen and oxygen atoms in total. The molecule has 4 aliphatic rings. The van der Waals surface area contributed by atoms with E-state index >= 15 is 0 Å². The predicted molar refractivity (Wildman–Crippen MR) is 114 cm³/mol. The van der Waals surface area contributed by atoms with Crippen LogP contribution in [0.5, 0.6) is 0 Å². The number of likely N-dealkylation sites (tertiary alicyclic amines) is 1. The summed E-state index contributed by atoms with van der Waals surface area (Å²) in [6.07, 6.45) is 4.35. The lowest BCUT2D eigenvalue weighted by Crippen LogP contribution is -2.49. The summed E-state index contributed by atoms with van der Waals surface area (Å²) in [5.74, 6) is -0.175. The molecule has 0 radical (unpaired) electrons. The SMILES string of the molecule is COC(=O)c1cn(CCC(=O)N2CC3CC(C2)c2cccc(=O)n2C3)cc2c(=O)[nH]nc1-2. The molecule has 32 heavy (non-hydrogen) atoms. The van der Waals surface area contributed by atoms with Crippen molar-refractivity contribution in [3.05, 3.63) is 62.6 Å². The Kier molecular flexibility index (Phi) is 4.91. The van der Waals surface area contributed by atoms with Gasteiger partial charge in [-0.1, -0.05) is 6.07 Å². The first kappa shape index (κ1) is 20.2. The number of hydrogen-bond acceptors (Lipinski definition) is 6. The van der Waals surface area contributed by atoms with Crippen LogP contribution in [0.25, 0.3) is 11.3 Å². The van der Waals surface area contributed by atoms with Crippen LogP contribution in [0, 0.1) is 5.92 Å². The van der Waals surface area contributed by atoms with Crippen molar-refractivity contribution in [3.8, 4) is 11.3 Å². The minimum Gasteiger partial charge on any atom is -0.465 e. The number of aromatic amines is 1. The molecule has 0 spiro atoms. The number of ether oxygens (including phenoxy) is 1. The first-order valence-electron chi connectivity index (χ1n) is 10.6. The summed E-state index contributed by atoms with van der Waals surface area (Å²) < 4.78 is 8.30. The van der Waals surface area contributed by atoms with Crippen LogP contribution < -0.4 is 11.1 Å². The summed E-state index contributed by atoms with van der Waals surface area (Å²) in [6.45, 7) is 2.16. The van der Waals surface area contributed by atoms with Gasteiger partial charge >= 0.3 is 5.97 Å². The smallest absolute Gasteiger partial charge is 0.341 e. The second-order valence-electron chi connectivity index (χ2n) is 8.46. The summed E-state index contributed by atoms with van der Waals surface area (Å²) in [6, 6.07) is 5.33. The predicted octanol–water partition coefficient (Wildman–Crippen LogP) is 0.660. The maximum atomic E-state index is 13.0. The fourth-order valence-electron chi connectivity index (χ4n) is 4.96. The van der Waals surface area contributed by atoms with E-state index in [0.29, 0.717) is 26.2 Å². The number of hydrogen-bond donors (Lipinski definition) is 1. The number of rotatable bonds is 4. The van der Waals surface area contributed by atoms with E-state index in [4.69, 9.17) is 4.74 Å². The topological polar surface area (TPSA) is 119 Å². The number of fused-ring (bicyclic) bond motifs is 5. The second kappa shape index (κ2) is 7.77. The van der Waals surface area contributed by atoms with E-state index in [1.807, 2.05) is 15.5 Å². The number of methoxy groups -OCH3 is 1. The maximum absolute atomic E-state index is 13.0. The van der Waals surface area contributed by atoms with Gasteiger partial charge in [0.15, 0.2) is 0 Å². The van der Waals surface area contributed by atoms with Crippen molar-refractivity contribution in [2.45, 2.75) is 31.8 Å². The van der Waals surface area contributed by atoms with Crippen LogP contribution in [0.15, 0.2) is 40.2 Å². The molecule has 2 atom stereocenters. The number of H-pyrrole nitrogens is 1. The third-order valence-corrected chi connectivity index (χ3v) is 6.44. The van der Waals surface area contributed by atoms with E-state index in [1.54, 1.807) is 29.1 Å². The lowest BCUT2D eigenvalue weighted by atomic mass is 9.83. The molecule has 5 heterocycles. The molecular weight excluding hydrogens is 414 g/mol. The van der Waals surface area contributed by atoms with E-state index < -0.39 is 11.5 Å². The van der Waals surface area contributed by atoms with Crippen molar-refractivity contribution in [2.24, 2.45) is 5.92 Å². The molecule has 1 aromatic heterocycles. The highest BCUT2D eigenvalue weighted by Gasteiger charge is 2.36. The molecule has 1 aromatic rings. The van der Waals surface area contributed by atoms with E-state index in [0.717, 1.165) is 12.1 Å². The zero-order chi connectivity index (χ0) is 22.4. The van der Waals surface area contributed by atoms with Gasteiger partial charge in [-0.2, -0.15) is 5.10 Å². The number of esters is 1. The summed E-state index contributed by atoms with van der Waals surface area (Å²) in [4.78, 5) is 51.2. The number of nitrogens with zero attached hydrogens (tertiary/aromatic N) is 4. The standard InChI is InChI=1S/C22H23N5O5/c1-32-22(31)16-12-25(11-15-20(16)23-24-21(15)30)6-5-18(28)26-8-13-7-14(10-26)17-3-2-4-19(29)27(17)9-13/h2-4,11-14H,5-10H2,1H3,(H,24,30). The van der Waals surface area contributed by atoms with Gasteiger partial charge in [-0.3, -0.25) is 14.4 Å². The third kappa shape index (κ3) is 3.41. The van der Waals surface area contributed by atoms with Crippen LogP contribution in [-0.2, 0) is 22.6 Å². The van der Waals surface area contributed by atoms with Gasteiger partial charge in [0.1, 0.15) is 11.3 Å². The van der Waals surface area contributed by atoms with Crippen molar-refractivity contribution in [3.63, 3.8) is 0 Å². The fraction of sp³-hybridized carbons (Fsp3) is 0.409. The molecule has 5 rings (SSSR count). The van der Waals surface area contributed by atoms with Crippen molar-refractivity contribution in [1.82, 2.24) is 24.2 Å². The maximum Gasteiger partial charge on any atom is 0.341 e. The summed E-state index contributed by atoms with van der Waals surface area (Å²) in [5.41, 5.74) is 1.31. The van der Waals surface area contributed by atoms with E-state index in [1.165, 1.54) is 7.11 Å². The molecule has 1 N–H and O–H groups in total. The van der Waals surface area contributed by atoms with E-state index in [2.05, 4.69) is 10.2 Å². The minimum absolute atomic E-state index is 0.00758. The normalized spacial score (nSPS) is 19.6. The second-order valence-corrected chi connectivity index (χ2v) is 8.46. The third-order valence-electron chi connectivity index (χ3n) is 6.44. The fourth-order valence-corrected chi connectivity index (χ4v) is 4.96. The van der Waals surface area contributed by atoms with Gasteiger partial charge in [0, 0.05) is 62.7 Å². The van der Waals surface area contributed by atoms with Crippen LogP contribution in [0.4, 0.5) is 0 Å². The largest absolute Gasteiger partial charge is 0.465 e. The summed E-state index contributed by atoms with van der Waals surface area (Å²) in [7, 11) is 1.26. The Labute approximate surface area is 182 Å². The summed E-state index contributed by atoms with van der Waals surface area (Å²) >= 11 is 0. The number of carbonyl (C=O) groups excluding carboxylic acids is 2. The first-order chi connectivity index (χ1) is 15.4. The highest BCUT2D eigenvalue weighted by molar-refractivity contribution is 5.95. The number of aromatic nitrogens is 4. The average molecular weight is 437 g/mol. The van der Waals surface area contributed by atoms with Gasteiger partial charge in [0.25, 0.3) is 11.1 Å². The molecule has 4 aliphatic heterocycles. The molecule has 0 aromatic carbocycles. The molecule has 1 saturated heterocycles. The monoisotopic (exact) mass is 437 g/mol. The van der Waals surface area contributed by atoms with Crippen LogP contribution in [0.1, 0.15) is 34.8 Å². The molecule has 2 bridgehead atoms. The number of pyridine rings is 2. The summed E-state index contributed by atoms with van der Waals surface area (Å²) in [5, 5.41) is 6.25. The average Bonchev–Trinajstić information content (AvgIpc) is 3.17.